The van der Waals surface area contributed by atoms with Gasteiger partial charge >= 0.3 is 0 Å². The molecule has 1 rings (SSSR count). The van der Waals surface area contributed by atoms with Crippen LogP contribution in [0.5, 0.6) is 0 Å². The van der Waals surface area contributed by atoms with Gasteiger partial charge in [-0.1, -0.05) is 47.6 Å². The van der Waals surface area contributed by atoms with E-state index in [4.69, 9.17) is 8.85 Å². The molecule has 0 aliphatic carbocycles. The van der Waals surface area contributed by atoms with Crippen molar-refractivity contribution < 1.29 is 8.85 Å². The Hall–Kier alpha value is -0.936. The zero-order chi connectivity index (χ0) is 20.3. The highest BCUT2D eigenvalue weighted by molar-refractivity contribution is 6.48. The highest BCUT2D eigenvalue weighted by Crippen LogP contribution is 2.41. The van der Waals surface area contributed by atoms with Gasteiger partial charge in [-0.05, 0) is 60.3 Å². The molecular formula is C21H37NO2Si2. The number of benzene rings is 1. The second-order valence-electron chi connectivity index (χ2n) is 9.86. The molecule has 0 saturated heterocycles. The van der Waals surface area contributed by atoms with Crippen LogP contribution >= 0.6 is 0 Å². The van der Waals surface area contributed by atoms with Gasteiger partial charge in [0.15, 0.2) is 18.1 Å². The van der Waals surface area contributed by atoms with E-state index in [1.165, 1.54) is 0 Å². The first-order chi connectivity index (χ1) is 11.8. The molecule has 0 heterocycles. The fourth-order valence-corrected chi connectivity index (χ4v) is 5.37. The van der Waals surface area contributed by atoms with E-state index in [9.17, 15) is 5.26 Å². The standard InChI is InChI=1S/C21H37NO2Si2/c1-20(2,3)18(23-25(7)8)16-11-15(14-22)12-17(13-16)19(21(4,5)6)24-26(9)10/h11-13,18-19,25-26H,1-10H3. The number of nitrogens with zero attached hydrogens (tertiary/aromatic N) is 1. The molecule has 0 saturated carbocycles. The molecule has 146 valence electrons. The van der Waals surface area contributed by atoms with Crippen molar-refractivity contribution in [2.75, 3.05) is 0 Å². The molecule has 0 aromatic heterocycles. The van der Waals surface area contributed by atoms with Crippen molar-refractivity contribution in [2.24, 2.45) is 10.8 Å². The summed E-state index contributed by atoms with van der Waals surface area (Å²) in [5, 5.41) is 9.61. The van der Waals surface area contributed by atoms with Crippen molar-refractivity contribution in [2.45, 2.75) is 79.9 Å². The van der Waals surface area contributed by atoms with E-state index < -0.39 is 18.1 Å². The average molecular weight is 392 g/mol. The van der Waals surface area contributed by atoms with Crippen molar-refractivity contribution in [3.8, 4) is 6.07 Å². The molecule has 1 aromatic carbocycles. The summed E-state index contributed by atoms with van der Waals surface area (Å²) in [5.41, 5.74) is 2.80. The van der Waals surface area contributed by atoms with Gasteiger partial charge < -0.3 is 8.85 Å². The maximum absolute atomic E-state index is 9.61. The SMILES string of the molecule is C[SiH](C)OC(c1cc(C#N)cc(C(O[SiH](C)C)C(C)(C)C)c1)C(C)(C)C. The van der Waals surface area contributed by atoms with Crippen LogP contribution in [0.25, 0.3) is 0 Å². The smallest absolute Gasteiger partial charge is 0.171 e. The maximum atomic E-state index is 9.61. The largest absolute Gasteiger partial charge is 0.413 e. The molecule has 1 aromatic rings. The van der Waals surface area contributed by atoms with Crippen LogP contribution in [0.1, 0.15) is 70.4 Å². The summed E-state index contributed by atoms with van der Waals surface area (Å²) >= 11 is 0. The summed E-state index contributed by atoms with van der Waals surface area (Å²) in [6.45, 7) is 22.0. The molecule has 2 atom stereocenters. The second-order valence-corrected chi connectivity index (χ2v) is 14.6. The van der Waals surface area contributed by atoms with Crippen LogP contribution < -0.4 is 0 Å². The third-order valence-electron chi connectivity index (χ3n) is 4.10. The van der Waals surface area contributed by atoms with Gasteiger partial charge in [-0.2, -0.15) is 5.26 Å². The van der Waals surface area contributed by atoms with Crippen LogP contribution in [0.15, 0.2) is 18.2 Å². The molecule has 0 N–H and O–H groups in total. The number of nitriles is 1. The monoisotopic (exact) mass is 391 g/mol. The maximum Gasteiger partial charge on any atom is 0.171 e. The minimum atomic E-state index is -1.23. The predicted molar refractivity (Wildman–Crippen MR) is 115 cm³/mol. The van der Waals surface area contributed by atoms with E-state index in [1.807, 2.05) is 12.1 Å². The van der Waals surface area contributed by atoms with Crippen LogP contribution in [0, 0.1) is 22.2 Å². The van der Waals surface area contributed by atoms with E-state index >= 15 is 0 Å². The molecule has 3 nitrogen and oxygen atoms in total. The van der Waals surface area contributed by atoms with E-state index in [0.717, 1.165) is 11.1 Å². The number of hydrogen-bond acceptors (Lipinski definition) is 3. The molecule has 26 heavy (non-hydrogen) atoms. The predicted octanol–water partition coefficient (Wildman–Crippen LogP) is 5.73. The van der Waals surface area contributed by atoms with Gasteiger partial charge in [0.25, 0.3) is 0 Å². The van der Waals surface area contributed by atoms with Crippen molar-refractivity contribution in [3.05, 3.63) is 34.9 Å². The molecule has 0 bridgehead atoms. The lowest BCUT2D eigenvalue weighted by Crippen LogP contribution is -2.28. The Morgan fingerprint density at radius 3 is 1.35 bits per heavy atom. The zero-order valence-electron chi connectivity index (χ0n) is 18.3. The molecule has 0 radical (unpaired) electrons. The van der Waals surface area contributed by atoms with Gasteiger partial charge in [-0.3, -0.25) is 0 Å². The normalized spacial score (nSPS) is 15.2. The van der Waals surface area contributed by atoms with E-state index in [2.05, 4.69) is 79.9 Å². The van der Waals surface area contributed by atoms with E-state index in [-0.39, 0.29) is 23.0 Å². The molecule has 0 aliphatic rings. The van der Waals surface area contributed by atoms with E-state index in [1.54, 1.807) is 0 Å². The number of hydrogen-bond donors (Lipinski definition) is 0. The lowest BCUT2D eigenvalue weighted by molar-refractivity contribution is 0.0806. The highest BCUT2D eigenvalue weighted by atomic mass is 28.3. The Kier molecular flexibility index (Phi) is 7.85. The first-order valence-electron chi connectivity index (χ1n) is 9.61. The van der Waals surface area contributed by atoms with Gasteiger partial charge in [0.05, 0.1) is 23.8 Å². The summed E-state index contributed by atoms with van der Waals surface area (Å²) < 4.78 is 12.8. The average Bonchev–Trinajstić information content (AvgIpc) is 2.47. The van der Waals surface area contributed by atoms with Crippen molar-refractivity contribution >= 4 is 18.1 Å². The van der Waals surface area contributed by atoms with Crippen molar-refractivity contribution in [3.63, 3.8) is 0 Å². The fraction of sp³-hybridized carbons (Fsp3) is 0.667. The van der Waals surface area contributed by atoms with Crippen LogP contribution in [-0.2, 0) is 8.85 Å². The van der Waals surface area contributed by atoms with Crippen molar-refractivity contribution in [1.82, 2.24) is 0 Å². The fourth-order valence-electron chi connectivity index (χ4n) is 3.15. The third kappa shape index (κ3) is 6.66. The molecular weight excluding hydrogens is 354 g/mol. The van der Waals surface area contributed by atoms with Crippen LogP contribution in [-0.4, -0.2) is 18.1 Å². The van der Waals surface area contributed by atoms with Gasteiger partial charge in [0, 0.05) is 0 Å². The summed E-state index contributed by atoms with van der Waals surface area (Å²) in [5.74, 6) is 0. The molecule has 0 spiro atoms. The van der Waals surface area contributed by atoms with Crippen molar-refractivity contribution in [1.29, 1.82) is 5.26 Å². The summed E-state index contributed by atoms with van der Waals surface area (Å²) in [4.78, 5) is 0. The van der Waals surface area contributed by atoms with Gasteiger partial charge in [0.1, 0.15) is 0 Å². The van der Waals surface area contributed by atoms with Gasteiger partial charge in [-0.15, -0.1) is 0 Å². The zero-order valence-corrected chi connectivity index (χ0v) is 20.6. The highest BCUT2D eigenvalue weighted by Gasteiger charge is 2.32. The summed E-state index contributed by atoms with van der Waals surface area (Å²) in [7, 11) is -2.45. The molecule has 0 fully saturated rings. The lowest BCUT2D eigenvalue weighted by Gasteiger charge is -2.36. The first kappa shape index (κ1) is 23.1. The Bertz CT molecular complexity index is 591. The number of rotatable bonds is 6. The lowest BCUT2D eigenvalue weighted by atomic mass is 9.80. The molecule has 5 heteroatoms. The van der Waals surface area contributed by atoms with Crippen LogP contribution in [0.3, 0.4) is 0 Å². The van der Waals surface area contributed by atoms with Gasteiger partial charge in [-0.25, -0.2) is 0 Å². The minimum absolute atomic E-state index is 0.0156. The Balaban J connectivity index is 3.52. The van der Waals surface area contributed by atoms with Crippen LogP contribution in [0.2, 0.25) is 26.2 Å². The Labute approximate surface area is 164 Å². The molecule has 2 unspecified atom stereocenters. The summed E-state index contributed by atoms with van der Waals surface area (Å²) in [6, 6.07) is 8.52. The van der Waals surface area contributed by atoms with Gasteiger partial charge in [0.2, 0.25) is 0 Å². The van der Waals surface area contributed by atoms with E-state index in [0.29, 0.717) is 5.56 Å². The topological polar surface area (TPSA) is 42.2 Å². The quantitative estimate of drug-likeness (QED) is 0.581. The summed E-state index contributed by atoms with van der Waals surface area (Å²) in [6.07, 6.45) is -0.0312. The Morgan fingerprint density at radius 1 is 0.769 bits per heavy atom. The second kappa shape index (κ2) is 8.83. The first-order valence-corrected chi connectivity index (χ1v) is 15.2. The molecule has 0 aliphatic heterocycles. The minimum Gasteiger partial charge on any atom is -0.413 e. The Morgan fingerprint density at radius 2 is 1.12 bits per heavy atom. The van der Waals surface area contributed by atoms with Crippen LogP contribution in [0.4, 0.5) is 0 Å². The molecule has 0 amide bonds. The third-order valence-corrected chi connectivity index (χ3v) is 5.73.